The van der Waals surface area contributed by atoms with Crippen LogP contribution in [0.3, 0.4) is 0 Å². The fraction of sp³-hybridized carbons (Fsp3) is 0.476. The number of amides is 1. The Labute approximate surface area is 185 Å². The number of hydrogen-bond donors (Lipinski definition) is 0. The van der Waals surface area contributed by atoms with Gasteiger partial charge in [0, 0.05) is 28.7 Å². The number of aryl methyl sites for hydroxylation is 1. The molecule has 7 nitrogen and oxygen atoms in total. The van der Waals surface area contributed by atoms with E-state index in [4.69, 9.17) is 32.7 Å². The first-order valence-electron chi connectivity index (χ1n) is 9.74. The quantitative estimate of drug-likeness (QED) is 0.645. The summed E-state index contributed by atoms with van der Waals surface area (Å²) in [4.78, 5) is 26.8. The smallest absolute Gasteiger partial charge is 0.342 e. The number of ether oxygens (including phenoxy) is 2. The number of carbonyl (C=O) groups is 2. The second-order valence-electron chi connectivity index (χ2n) is 7.54. The van der Waals surface area contributed by atoms with Crippen molar-refractivity contribution in [3.05, 3.63) is 50.8 Å². The number of halogens is 2. The highest BCUT2D eigenvalue weighted by atomic mass is 35.5. The van der Waals surface area contributed by atoms with Gasteiger partial charge in [-0.15, -0.1) is 0 Å². The molecule has 1 aliphatic rings. The Hall–Kier alpha value is -2.09. The molecule has 1 aromatic heterocycles. The molecule has 0 aliphatic carbocycles. The summed E-state index contributed by atoms with van der Waals surface area (Å²) in [6, 6.07) is 5.27. The molecule has 3 rings (SSSR count). The van der Waals surface area contributed by atoms with Crippen molar-refractivity contribution < 1.29 is 19.1 Å². The highest BCUT2D eigenvalue weighted by Crippen LogP contribution is 2.26. The maximum absolute atomic E-state index is 12.7. The third kappa shape index (κ3) is 4.96. The molecule has 1 aliphatic heterocycles. The normalized spacial score (nSPS) is 19.1. The standard InChI is InChI=1S/C21H25Cl2N3O4/c1-12-8-25(9-13(2)30-12)19(27)11-29-21(28)20-14(3)24-26(15(20)4)10-16-17(22)6-5-7-18(16)23/h5-7,12-13H,8-11H2,1-4H3/t12-,13-/m0/s1. The molecule has 0 radical (unpaired) electrons. The third-order valence-corrected chi connectivity index (χ3v) is 5.76. The van der Waals surface area contributed by atoms with Gasteiger partial charge in [-0.3, -0.25) is 9.48 Å². The molecule has 1 saturated heterocycles. The molecule has 1 amide bonds. The van der Waals surface area contributed by atoms with E-state index in [1.807, 2.05) is 13.8 Å². The van der Waals surface area contributed by atoms with Gasteiger partial charge in [-0.05, 0) is 39.8 Å². The van der Waals surface area contributed by atoms with Gasteiger partial charge in [-0.25, -0.2) is 4.79 Å². The molecule has 1 fully saturated rings. The topological polar surface area (TPSA) is 73.7 Å². The minimum Gasteiger partial charge on any atom is -0.452 e. The van der Waals surface area contributed by atoms with Crippen LogP contribution in [0.2, 0.25) is 10.0 Å². The second kappa shape index (κ2) is 9.37. The van der Waals surface area contributed by atoms with Crippen LogP contribution in [0, 0.1) is 13.8 Å². The molecule has 2 aromatic rings. The highest BCUT2D eigenvalue weighted by Gasteiger charge is 2.27. The number of esters is 1. The zero-order chi connectivity index (χ0) is 22.0. The minimum absolute atomic E-state index is 0.0484. The fourth-order valence-corrected chi connectivity index (χ4v) is 4.17. The monoisotopic (exact) mass is 453 g/mol. The van der Waals surface area contributed by atoms with Crippen LogP contribution in [0.5, 0.6) is 0 Å². The molecular formula is C21H25Cl2N3O4. The zero-order valence-electron chi connectivity index (χ0n) is 17.4. The van der Waals surface area contributed by atoms with E-state index in [1.54, 1.807) is 41.6 Å². The molecule has 162 valence electrons. The predicted molar refractivity (Wildman–Crippen MR) is 114 cm³/mol. The Kier molecular flexibility index (Phi) is 7.06. The largest absolute Gasteiger partial charge is 0.452 e. The molecule has 30 heavy (non-hydrogen) atoms. The van der Waals surface area contributed by atoms with Crippen LogP contribution >= 0.6 is 23.2 Å². The molecule has 1 aromatic carbocycles. The molecule has 0 unspecified atom stereocenters. The van der Waals surface area contributed by atoms with Crippen LogP contribution in [0.15, 0.2) is 18.2 Å². The summed E-state index contributed by atoms with van der Waals surface area (Å²) < 4.78 is 12.6. The molecule has 2 heterocycles. The van der Waals surface area contributed by atoms with E-state index in [2.05, 4.69) is 5.10 Å². The first-order valence-corrected chi connectivity index (χ1v) is 10.5. The number of benzene rings is 1. The average Bonchev–Trinajstić information content (AvgIpc) is 2.95. The van der Waals surface area contributed by atoms with Gasteiger partial charge in [0.15, 0.2) is 6.61 Å². The lowest BCUT2D eigenvalue weighted by Crippen LogP contribution is -2.49. The first-order chi connectivity index (χ1) is 14.2. The van der Waals surface area contributed by atoms with Crippen molar-refractivity contribution in [3.8, 4) is 0 Å². The molecule has 9 heteroatoms. The maximum atomic E-state index is 12.7. The molecule has 2 atom stereocenters. The molecule has 0 saturated carbocycles. The number of rotatable bonds is 5. The summed E-state index contributed by atoms with van der Waals surface area (Å²) in [5, 5.41) is 5.49. The summed E-state index contributed by atoms with van der Waals surface area (Å²) in [5.74, 6) is -0.819. The van der Waals surface area contributed by atoms with E-state index < -0.39 is 5.97 Å². The maximum Gasteiger partial charge on any atom is 0.342 e. The fourth-order valence-electron chi connectivity index (χ4n) is 3.65. The van der Waals surface area contributed by atoms with Crippen molar-refractivity contribution in [3.63, 3.8) is 0 Å². The van der Waals surface area contributed by atoms with Gasteiger partial charge < -0.3 is 14.4 Å². The van der Waals surface area contributed by atoms with E-state index in [9.17, 15) is 9.59 Å². The van der Waals surface area contributed by atoms with Gasteiger partial charge in [0.1, 0.15) is 5.56 Å². The number of carbonyl (C=O) groups excluding carboxylic acids is 2. The van der Waals surface area contributed by atoms with Crippen LogP contribution in [0.4, 0.5) is 0 Å². The van der Waals surface area contributed by atoms with Crippen LogP contribution in [-0.4, -0.2) is 58.5 Å². The number of nitrogens with zero attached hydrogens (tertiary/aromatic N) is 3. The summed E-state index contributed by atoms with van der Waals surface area (Å²) in [6.45, 7) is 8.28. The van der Waals surface area contributed by atoms with Gasteiger partial charge in [0.05, 0.1) is 30.1 Å². The van der Waals surface area contributed by atoms with Crippen molar-refractivity contribution in [1.29, 1.82) is 0 Å². The van der Waals surface area contributed by atoms with Gasteiger partial charge in [0.2, 0.25) is 0 Å². The van der Waals surface area contributed by atoms with Crippen molar-refractivity contribution in [2.24, 2.45) is 0 Å². The Morgan fingerprint density at radius 1 is 1.17 bits per heavy atom. The van der Waals surface area contributed by atoms with E-state index in [-0.39, 0.29) is 24.7 Å². The van der Waals surface area contributed by atoms with Crippen molar-refractivity contribution in [1.82, 2.24) is 14.7 Å². The lowest BCUT2D eigenvalue weighted by Gasteiger charge is -2.35. The van der Waals surface area contributed by atoms with Gasteiger partial charge in [-0.1, -0.05) is 29.3 Å². The lowest BCUT2D eigenvalue weighted by molar-refractivity contribution is -0.146. The number of hydrogen-bond acceptors (Lipinski definition) is 5. The summed E-state index contributed by atoms with van der Waals surface area (Å²) in [7, 11) is 0. The Bertz CT molecular complexity index is 930. The predicted octanol–water partition coefficient (Wildman–Crippen LogP) is 3.65. The van der Waals surface area contributed by atoms with E-state index in [0.717, 1.165) is 5.56 Å². The number of morpholine rings is 1. The van der Waals surface area contributed by atoms with Gasteiger partial charge >= 0.3 is 5.97 Å². The van der Waals surface area contributed by atoms with E-state index >= 15 is 0 Å². The van der Waals surface area contributed by atoms with E-state index in [0.29, 0.717) is 46.6 Å². The Morgan fingerprint density at radius 3 is 2.37 bits per heavy atom. The van der Waals surface area contributed by atoms with Gasteiger partial charge in [0.25, 0.3) is 5.91 Å². The van der Waals surface area contributed by atoms with E-state index in [1.165, 1.54) is 0 Å². The summed E-state index contributed by atoms with van der Waals surface area (Å²) in [5.41, 5.74) is 2.20. The SMILES string of the molecule is Cc1nn(Cc2c(Cl)cccc2Cl)c(C)c1C(=O)OCC(=O)N1C[C@H](C)O[C@@H](C)C1. The Balaban J connectivity index is 1.69. The lowest BCUT2D eigenvalue weighted by atomic mass is 10.2. The third-order valence-electron chi connectivity index (χ3n) is 5.05. The van der Waals surface area contributed by atoms with Crippen molar-refractivity contribution in [2.75, 3.05) is 19.7 Å². The van der Waals surface area contributed by atoms with Crippen molar-refractivity contribution in [2.45, 2.75) is 46.4 Å². The molecule has 0 bridgehead atoms. The Morgan fingerprint density at radius 2 is 1.77 bits per heavy atom. The van der Waals surface area contributed by atoms with Gasteiger partial charge in [-0.2, -0.15) is 5.10 Å². The zero-order valence-corrected chi connectivity index (χ0v) is 19.0. The van der Waals surface area contributed by atoms with Crippen LogP contribution in [-0.2, 0) is 20.8 Å². The minimum atomic E-state index is -0.579. The first kappa shape index (κ1) is 22.6. The van der Waals surface area contributed by atoms with Crippen LogP contribution < -0.4 is 0 Å². The second-order valence-corrected chi connectivity index (χ2v) is 8.35. The average molecular weight is 454 g/mol. The number of aromatic nitrogens is 2. The van der Waals surface area contributed by atoms with Crippen molar-refractivity contribution >= 4 is 35.1 Å². The molecule has 0 spiro atoms. The summed E-state index contributed by atoms with van der Waals surface area (Å²) in [6.07, 6.45) is -0.0967. The van der Waals surface area contributed by atoms with Crippen LogP contribution in [0.25, 0.3) is 0 Å². The summed E-state index contributed by atoms with van der Waals surface area (Å²) >= 11 is 12.5. The molecule has 0 N–H and O–H groups in total. The van der Waals surface area contributed by atoms with Crippen LogP contribution in [0.1, 0.15) is 41.2 Å². The highest BCUT2D eigenvalue weighted by molar-refractivity contribution is 6.35. The molecular weight excluding hydrogens is 429 g/mol.